The quantitative estimate of drug-likeness (QED) is 0.203. The van der Waals surface area contributed by atoms with E-state index in [2.05, 4.69) is 71.3 Å². The van der Waals surface area contributed by atoms with E-state index in [1.807, 2.05) is 12.1 Å². The van der Waals surface area contributed by atoms with E-state index in [9.17, 15) is 4.79 Å². The van der Waals surface area contributed by atoms with Crippen molar-refractivity contribution in [3.8, 4) is 6.01 Å². The number of likely N-dealkylation sites (N-methyl/N-ethyl adjacent to an activating group) is 1. The van der Waals surface area contributed by atoms with Gasteiger partial charge in [0, 0.05) is 54.9 Å². The van der Waals surface area contributed by atoms with Gasteiger partial charge in [-0.2, -0.15) is 9.97 Å². The van der Waals surface area contributed by atoms with Crippen LogP contribution < -0.4 is 14.5 Å². The summed E-state index contributed by atoms with van der Waals surface area (Å²) in [6.07, 6.45) is 6.02. The van der Waals surface area contributed by atoms with Crippen LogP contribution in [0.15, 0.2) is 49.1 Å². The average Bonchev–Trinajstić information content (AvgIpc) is 3.05. The molecule has 1 saturated carbocycles. The van der Waals surface area contributed by atoms with Crippen molar-refractivity contribution in [2.75, 3.05) is 56.2 Å². The molecule has 1 amide bonds. The molecule has 0 spiro atoms. The van der Waals surface area contributed by atoms with Crippen molar-refractivity contribution in [2.24, 2.45) is 5.92 Å². The monoisotopic (exact) mass is 641 g/mol. The minimum absolute atomic E-state index is 0.138. The third kappa shape index (κ3) is 6.38. The Balaban J connectivity index is 1.30. The summed E-state index contributed by atoms with van der Waals surface area (Å²) in [7, 11) is 2.19. The zero-order valence-corrected chi connectivity index (χ0v) is 27.9. The van der Waals surface area contributed by atoms with Gasteiger partial charge in [-0.3, -0.25) is 9.69 Å². The molecule has 0 radical (unpaired) electrons. The van der Waals surface area contributed by atoms with Crippen molar-refractivity contribution in [2.45, 2.75) is 64.2 Å². The molecule has 10 heteroatoms. The van der Waals surface area contributed by atoms with E-state index in [-0.39, 0.29) is 24.5 Å². The first-order chi connectivity index (χ1) is 22.3. The van der Waals surface area contributed by atoms with Crippen molar-refractivity contribution in [3.05, 3.63) is 76.8 Å². The van der Waals surface area contributed by atoms with Gasteiger partial charge in [-0.25, -0.2) is 6.57 Å². The fourth-order valence-electron chi connectivity index (χ4n) is 7.15. The van der Waals surface area contributed by atoms with Gasteiger partial charge >= 0.3 is 6.01 Å². The van der Waals surface area contributed by atoms with Crippen LogP contribution in [0.5, 0.6) is 6.01 Å². The van der Waals surface area contributed by atoms with Gasteiger partial charge in [-0.05, 0) is 69.7 Å². The molecule has 9 nitrogen and oxygen atoms in total. The Kier molecular flexibility index (Phi) is 9.67. The molecule has 1 saturated heterocycles. The van der Waals surface area contributed by atoms with Crippen LogP contribution >= 0.6 is 11.6 Å². The summed E-state index contributed by atoms with van der Waals surface area (Å²) in [4.78, 5) is 35.0. The number of nitrogens with zero attached hydrogens (tertiary/aromatic N) is 7. The number of carbonyl (C=O) groups excluding carboxylic acids is 1. The predicted molar refractivity (Wildman–Crippen MR) is 185 cm³/mol. The van der Waals surface area contributed by atoms with Gasteiger partial charge in [-0.1, -0.05) is 48.9 Å². The number of anilines is 2. The molecular formula is C36H44ClN7O2. The van der Waals surface area contributed by atoms with Gasteiger partial charge in [0.1, 0.15) is 18.5 Å². The van der Waals surface area contributed by atoms with Gasteiger partial charge in [0.05, 0.1) is 17.3 Å². The highest BCUT2D eigenvalue weighted by Crippen LogP contribution is 2.37. The lowest BCUT2D eigenvalue weighted by atomic mass is 9.79. The number of aromatic nitrogens is 2. The number of fused-ring (bicyclic) bond motifs is 2. The lowest BCUT2D eigenvalue weighted by Gasteiger charge is -2.41. The third-order valence-electron chi connectivity index (χ3n) is 10.4. The number of amides is 1. The van der Waals surface area contributed by atoms with Gasteiger partial charge in [0.25, 0.3) is 0 Å². The highest BCUT2D eigenvalue weighted by molar-refractivity contribution is 6.36. The van der Waals surface area contributed by atoms with Crippen LogP contribution in [-0.2, 0) is 17.8 Å². The number of piperazine rings is 1. The van der Waals surface area contributed by atoms with Crippen LogP contribution in [0, 0.1) is 12.5 Å². The smallest absolute Gasteiger partial charge is 0.318 e. The second kappa shape index (κ2) is 13.9. The summed E-state index contributed by atoms with van der Waals surface area (Å²) in [5, 5.41) is 2.89. The minimum atomic E-state index is -0.244. The topological polar surface area (TPSA) is 69.4 Å². The maximum atomic E-state index is 12.6. The SMILES string of the molecule is [C-]#[N+]C[C@H]1CN(c2nc(OC[C@@H](C)N(C)[C@H](C)C3CCC3)nc3c2CCN(c2cccc4cccc(Cl)c24)C3)CCN1C(=O)C=C. The summed E-state index contributed by atoms with van der Waals surface area (Å²) in [5.74, 6) is 1.46. The summed E-state index contributed by atoms with van der Waals surface area (Å²) in [5.41, 5.74) is 3.12. The van der Waals surface area contributed by atoms with Gasteiger partial charge in [0.2, 0.25) is 12.5 Å². The molecule has 3 atom stereocenters. The molecule has 2 aliphatic heterocycles. The van der Waals surface area contributed by atoms with Crippen LogP contribution in [0.25, 0.3) is 15.6 Å². The molecule has 0 unspecified atom stereocenters. The minimum Gasteiger partial charge on any atom is -0.462 e. The molecule has 46 heavy (non-hydrogen) atoms. The summed E-state index contributed by atoms with van der Waals surface area (Å²) >= 11 is 6.73. The largest absolute Gasteiger partial charge is 0.462 e. The number of ether oxygens (including phenoxy) is 1. The Morgan fingerprint density at radius 3 is 2.67 bits per heavy atom. The van der Waals surface area contributed by atoms with E-state index in [1.54, 1.807) is 4.90 Å². The van der Waals surface area contributed by atoms with E-state index in [4.69, 9.17) is 32.9 Å². The van der Waals surface area contributed by atoms with Gasteiger partial charge in [-0.15, -0.1) is 0 Å². The molecule has 2 fully saturated rings. The Morgan fingerprint density at radius 2 is 1.96 bits per heavy atom. The fourth-order valence-corrected chi connectivity index (χ4v) is 7.42. The highest BCUT2D eigenvalue weighted by atomic mass is 35.5. The number of hydrogen-bond acceptors (Lipinski definition) is 7. The molecule has 6 rings (SSSR count). The van der Waals surface area contributed by atoms with E-state index in [0.717, 1.165) is 57.4 Å². The highest BCUT2D eigenvalue weighted by Gasteiger charge is 2.35. The lowest BCUT2D eigenvalue weighted by Crippen LogP contribution is -2.56. The van der Waals surface area contributed by atoms with Crippen molar-refractivity contribution >= 4 is 39.8 Å². The number of halogens is 1. The average molecular weight is 642 g/mol. The van der Waals surface area contributed by atoms with E-state index < -0.39 is 0 Å². The summed E-state index contributed by atoms with van der Waals surface area (Å²) in [6.45, 7) is 19.5. The van der Waals surface area contributed by atoms with Crippen molar-refractivity contribution < 1.29 is 9.53 Å². The molecule has 0 N–H and O–H groups in total. The molecule has 0 bridgehead atoms. The molecular weight excluding hydrogens is 598 g/mol. The van der Waals surface area contributed by atoms with E-state index >= 15 is 0 Å². The number of carbonyl (C=O) groups is 1. The Morgan fingerprint density at radius 1 is 1.17 bits per heavy atom. The molecule has 1 aliphatic carbocycles. The normalized spacial score (nSPS) is 19.7. The zero-order valence-electron chi connectivity index (χ0n) is 27.2. The second-order valence-corrected chi connectivity index (χ2v) is 13.4. The Bertz CT molecular complexity index is 1630. The number of hydrogen-bond donors (Lipinski definition) is 0. The fraction of sp³-hybridized carbons (Fsp3) is 0.500. The molecule has 242 valence electrons. The van der Waals surface area contributed by atoms with E-state index in [0.29, 0.717) is 44.8 Å². The number of benzene rings is 2. The summed E-state index contributed by atoms with van der Waals surface area (Å²) in [6, 6.07) is 13.1. The number of rotatable bonds is 10. The van der Waals surface area contributed by atoms with Crippen molar-refractivity contribution in [1.29, 1.82) is 0 Å². The van der Waals surface area contributed by atoms with Gasteiger partial charge < -0.3 is 24.3 Å². The first-order valence-corrected chi connectivity index (χ1v) is 16.8. The van der Waals surface area contributed by atoms with Crippen LogP contribution in [0.3, 0.4) is 0 Å². The molecule has 3 heterocycles. The maximum absolute atomic E-state index is 12.6. The second-order valence-electron chi connectivity index (χ2n) is 13.0. The maximum Gasteiger partial charge on any atom is 0.318 e. The third-order valence-corrected chi connectivity index (χ3v) is 10.7. The molecule has 1 aromatic heterocycles. The standard InChI is InChI=1S/C36H44ClN7O2/c1-6-33(45)44-19-18-43(21-28(44)20-38-4)35-29-16-17-42(32-15-9-13-27-12-8-14-30(37)34(27)32)22-31(29)39-36(40-35)46-23-24(2)41(5)25(3)26-10-7-11-26/h6,8-9,12-15,24-26,28H,1,7,10-11,16-23H2,2-3,5H3/t24-,25-,28+/m1/s1. The van der Waals surface area contributed by atoms with Crippen LogP contribution in [0.2, 0.25) is 5.02 Å². The Hall–Kier alpha value is -3.87. The lowest BCUT2D eigenvalue weighted by molar-refractivity contribution is -0.128. The molecule has 3 aromatic rings. The van der Waals surface area contributed by atoms with Crippen molar-refractivity contribution in [3.63, 3.8) is 0 Å². The molecule has 3 aliphatic rings. The van der Waals surface area contributed by atoms with Crippen LogP contribution in [-0.4, -0.2) is 90.2 Å². The van der Waals surface area contributed by atoms with Crippen LogP contribution in [0.4, 0.5) is 11.5 Å². The van der Waals surface area contributed by atoms with E-state index in [1.165, 1.54) is 25.3 Å². The molecule has 2 aromatic carbocycles. The first kappa shape index (κ1) is 32.1. The van der Waals surface area contributed by atoms with Gasteiger partial charge in [0.15, 0.2) is 0 Å². The first-order valence-electron chi connectivity index (χ1n) is 16.5. The van der Waals surface area contributed by atoms with Crippen molar-refractivity contribution in [1.82, 2.24) is 19.8 Å². The van der Waals surface area contributed by atoms with Crippen LogP contribution in [0.1, 0.15) is 44.4 Å². The summed E-state index contributed by atoms with van der Waals surface area (Å²) < 4.78 is 6.39. The Labute approximate surface area is 277 Å². The predicted octanol–water partition coefficient (Wildman–Crippen LogP) is 5.86. The zero-order chi connectivity index (χ0) is 32.4.